The van der Waals surface area contributed by atoms with Crippen LogP contribution in [0, 0.1) is 30.0 Å². The summed E-state index contributed by atoms with van der Waals surface area (Å²) in [5, 5.41) is 8.89. The molecule has 0 spiro atoms. The smallest absolute Gasteiger partial charge is 0.253 e. The van der Waals surface area contributed by atoms with Crippen LogP contribution < -0.4 is 0 Å². The third-order valence-corrected chi connectivity index (χ3v) is 3.31. The molecule has 2 rings (SSSR count). The van der Waals surface area contributed by atoms with Crippen LogP contribution in [-0.2, 0) is 0 Å². The summed E-state index contributed by atoms with van der Waals surface area (Å²) in [7, 11) is 0. The van der Waals surface area contributed by atoms with Gasteiger partial charge in [0.15, 0.2) is 0 Å². The molecule has 18 heavy (non-hydrogen) atoms. The number of amides is 1. The van der Waals surface area contributed by atoms with Gasteiger partial charge < -0.3 is 4.90 Å². The summed E-state index contributed by atoms with van der Waals surface area (Å²) in [6, 6.07) is 6.71. The van der Waals surface area contributed by atoms with E-state index < -0.39 is 0 Å². The fourth-order valence-electron chi connectivity index (χ4n) is 2.18. The number of nitrogens with zero attached hydrogens (tertiary/aromatic N) is 2. The van der Waals surface area contributed by atoms with Crippen LogP contribution in [0.3, 0.4) is 0 Å². The van der Waals surface area contributed by atoms with Crippen molar-refractivity contribution in [3.63, 3.8) is 0 Å². The first-order valence-corrected chi connectivity index (χ1v) is 6.07. The number of carbonyl (C=O) groups excluding carboxylic acids is 1. The third kappa shape index (κ3) is 2.51. The maximum Gasteiger partial charge on any atom is 0.253 e. The zero-order valence-corrected chi connectivity index (χ0v) is 10.3. The lowest BCUT2D eigenvalue weighted by Gasteiger charge is -2.29. The number of nitriles is 1. The van der Waals surface area contributed by atoms with Gasteiger partial charge in [-0.1, -0.05) is 6.07 Å². The molecule has 1 aromatic carbocycles. The molecule has 94 valence electrons. The predicted octanol–water partition coefficient (Wildman–Crippen LogP) is 2.51. The maximum atomic E-state index is 13.4. The highest BCUT2D eigenvalue weighted by Gasteiger charge is 2.24. The largest absolute Gasteiger partial charge is 0.337 e. The van der Waals surface area contributed by atoms with Gasteiger partial charge in [-0.15, -0.1) is 0 Å². The molecule has 0 aliphatic carbocycles. The Morgan fingerprint density at radius 3 is 3.00 bits per heavy atom. The summed E-state index contributed by atoms with van der Waals surface area (Å²) in [6.45, 7) is 2.76. The van der Waals surface area contributed by atoms with Crippen molar-refractivity contribution in [2.45, 2.75) is 19.8 Å². The molecule has 1 heterocycles. The molecule has 0 aromatic heterocycles. The number of hydrogen-bond acceptors (Lipinski definition) is 2. The second-order valence-electron chi connectivity index (χ2n) is 4.68. The minimum absolute atomic E-state index is 0.0991. The summed E-state index contributed by atoms with van der Waals surface area (Å²) < 4.78 is 13.4. The molecule has 0 radical (unpaired) electrons. The van der Waals surface area contributed by atoms with Crippen molar-refractivity contribution >= 4 is 5.91 Å². The van der Waals surface area contributed by atoms with Crippen molar-refractivity contribution in [3.8, 4) is 6.07 Å². The van der Waals surface area contributed by atoms with Crippen LogP contribution in [0.1, 0.15) is 28.8 Å². The van der Waals surface area contributed by atoms with Gasteiger partial charge >= 0.3 is 0 Å². The van der Waals surface area contributed by atoms with Crippen molar-refractivity contribution in [2.75, 3.05) is 13.1 Å². The van der Waals surface area contributed by atoms with E-state index in [4.69, 9.17) is 5.26 Å². The van der Waals surface area contributed by atoms with Crippen molar-refractivity contribution in [3.05, 3.63) is 35.1 Å². The van der Waals surface area contributed by atoms with Crippen molar-refractivity contribution in [1.82, 2.24) is 4.90 Å². The van der Waals surface area contributed by atoms with Gasteiger partial charge in [-0.05, 0) is 37.5 Å². The average molecular weight is 246 g/mol. The lowest BCUT2D eigenvalue weighted by Crippen LogP contribution is -2.39. The highest BCUT2D eigenvalue weighted by molar-refractivity contribution is 5.94. The zero-order valence-electron chi connectivity index (χ0n) is 10.3. The fraction of sp³-hybridized carbons (Fsp3) is 0.429. The van der Waals surface area contributed by atoms with E-state index in [9.17, 15) is 9.18 Å². The quantitative estimate of drug-likeness (QED) is 0.764. The van der Waals surface area contributed by atoms with Gasteiger partial charge in [0.1, 0.15) is 5.82 Å². The number of rotatable bonds is 1. The first kappa shape index (κ1) is 12.6. The number of halogens is 1. The van der Waals surface area contributed by atoms with Crippen LogP contribution >= 0.6 is 0 Å². The molecule has 1 unspecified atom stereocenters. The van der Waals surface area contributed by atoms with Crippen molar-refractivity contribution in [1.29, 1.82) is 5.26 Å². The van der Waals surface area contributed by atoms with E-state index in [1.807, 2.05) is 0 Å². The standard InChI is InChI=1S/C14H15FN2O/c1-10-4-5-12(7-13(10)15)14(18)17-6-2-3-11(8-16)9-17/h4-5,7,11H,2-3,6,9H2,1H3. The van der Waals surface area contributed by atoms with E-state index >= 15 is 0 Å². The van der Waals surface area contributed by atoms with E-state index in [-0.39, 0.29) is 17.6 Å². The van der Waals surface area contributed by atoms with Crippen LogP contribution in [0.2, 0.25) is 0 Å². The minimum atomic E-state index is -0.366. The Morgan fingerprint density at radius 2 is 2.33 bits per heavy atom. The van der Waals surface area contributed by atoms with E-state index in [2.05, 4.69) is 6.07 Å². The highest BCUT2D eigenvalue weighted by atomic mass is 19.1. The normalized spacial score (nSPS) is 19.4. The average Bonchev–Trinajstić information content (AvgIpc) is 2.41. The minimum Gasteiger partial charge on any atom is -0.337 e. The molecule has 3 nitrogen and oxygen atoms in total. The van der Waals surface area contributed by atoms with Gasteiger partial charge in [0.05, 0.1) is 12.0 Å². The van der Waals surface area contributed by atoms with Gasteiger partial charge in [-0.25, -0.2) is 4.39 Å². The predicted molar refractivity (Wildman–Crippen MR) is 65.4 cm³/mol. The number of benzene rings is 1. The molecule has 1 saturated heterocycles. The van der Waals surface area contributed by atoms with Crippen LogP contribution in [0.4, 0.5) is 4.39 Å². The summed E-state index contributed by atoms with van der Waals surface area (Å²) in [5.41, 5.74) is 0.886. The van der Waals surface area contributed by atoms with E-state index in [0.717, 1.165) is 12.8 Å². The maximum absolute atomic E-state index is 13.4. The molecule has 0 saturated carbocycles. The van der Waals surface area contributed by atoms with Crippen molar-refractivity contribution in [2.24, 2.45) is 5.92 Å². The summed E-state index contributed by atoms with van der Waals surface area (Å²) >= 11 is 0. The Labute approximate surface area is 106 Å². The van der Waals surface area contributed by atoms with Crippen LogP contribution in [0.5, 0.6) is 0 Å². The molecular weight excluding hydrogens is 231 g/mol. The lowest BCUT2D eigenvalue weighted by atomic mass is 9.99. The second kappa shape index (κ2) is 5.18. The Hall–Kier alpha value is -1.89. The number of likely N-dealkylation sites (tertiary alicyclic amines) is 1. The number of piperidine rings is 1. The highest BCUT2D eigenvalue weighted by Crippen LogP contribution is 2.19. The number of aryl methyl sites for hydroxylation is 1. The van der Waals surface area contributed by atoms with E-state index in [1.54, 1.807) is 24.0 Å². The molecule has 4 heteroatoms. The van der Waals surface area contributed by atoms with Crippen LogP contribution in [0.15, 0.2) is 18.2 Å². The van der Waals surface area contributed by atoms with Crippen molar-refractivity contribution < 1.29 is 9.18 Å². The lowest BCUT2D eigenvalue weighted by molar-refractivity contribution is 0.0698. The fourth-order valence-corrected chi connectivity index (χ4v) is 2.18. The molecule has 1 aliphatic heterocycles. The third-order valence-electron chi connectivity index (χ3n) is 3.31. The van der Waals surface area contributed by atoms with Crippen LogP contribution in [-0.4, -0.2) is 23.9 Å². The zero-order chi connectivity index (χ0) is 13.1. The topological polar surface area (TPSA) is 44.1 Å². The summed E-state index contributed by atoms with van der Waals surface area (Å²) in [4.78, 5) is 13.8. The molecule has 1 atom stereocenters. The number of carbonyl (C=O) groups is 1. The molecule has 1 amide bonds. The molecule has 1 fully saturated rings. The van der Waals surface area contributed by atoms with Gasteiger partial charge in [0.2, 0.25) is 0 Å². The molecule has 0 bridgehead atoms. The Balaban J connectivity index is 2.15. The summed E-state index contributed by atoms with van der Waals surface area (Å²) in [6.07, 6.45) is 1.67. The molecule has 1 aromatic rings. The van der Waals surface area contributed by atoms with Gasteiger partial charge in [-0.2, -0.15) is 5.26 Å². The Morgan fingerprint density at radius 1 is 1.56 bits per heavy atom. The monoisotopic (exact) mass is 246 g/mol. The Kier molecular flexibility index (Phi) is 3.61. The second-order valence-corrected chi connectivity index (χ2v) is 4.68. The van der Waals surface area contributed by atoms with Crippen LogP contribution in [0.25, 0.3) is 0 Å². The Bertz CT molecular complexity index is 507. The van der Waals surface area contributed by atoms with E-state index in [1.165, 1.54) is 6.07 Å². The SMILES string of the molecule is Cc1ccc(C(=O)N2CCCC(C#N)C2)cc1F. The first-order chi connectivity index (χ1) is 8.61. The van der Waals surface area contributed by atoms with Gasteiger partial charge in [0.25, 0.3) is 5.91 Å². The first-order valence-electron chi connectivity index (χ1n) is 6.07. The van der Waals surface area contributed by atoms with E-state index in [0.29, 0.717) is 24.2 Å². The van der Waals surface area contributed by atoms with Gasteiger partial charge in [0, 0.05) is 18.7 Å². The molecule has 1 aliphatic rings. The summed E-state index contributed by atoms with van der Waals surface area (Å²) in [5.74, 6) is -0.651. The molecular formula is C14H15FN2O. The van der Waals surface area contributed by atoms with Gasteiger partial charge in [-0.3, -0.25) is 4.79 Å². The molecule has 0 N–H and O–H groups in total. The number of hydrogen-bond donors (Lipinski definition) is 0.